The summed E-state index contributed by atoms with van der Waals surface area (Å²) in [6.45, 7) is 9.88. The van der Waals surface area contributed by atoms with E-state index >= 15 is 0 Å². The van der Waals surface area contributed by atoms with Crippen LogP contribution in [0.3, 0.4) is 0 Å². The topological polar surface area (TPSA) is 46.9 Å². The molecule has 6 aliphatic rings. The summed E-state index contributed by atoms with van der Waals surface area (Å²) in [7, 11) is 0. The molecule has 4 aliphatic carbocycles. The van der Waals surface area contributed by atoms with Crippen molar-refractivity contribution in [3.63, 3.8) is 0 Å². The third-order valence-corrected chi connectivity index (χ3v) is 12.4. The molecule has 188 valence electrons. The van der Waals surface area contributed by atoms with Crippen molar-refractivity contribution in [2.75, 3.05) is 26.2 Å². The van der Waals surface area contributed by atoms with E-state index in [2.05, 4.69) is 23.6 Å². The number of hydrogen-bond acceptors (Lipinski definition) is 4. The molecule has 0 radical (unpaired) electrons. The average Bonchev–Trinajstić information content (AvgIpc) is 3.11. The maximum Gasteiger partial charge on any atom is 0.0751 e. The Morgan fingerprint density at radius 3 is 1.97 bits per heavy atom. The first kappa shape index (κ1) is 23.3. The van der Waals surface area contributed by atoms with E-state index in [9.17, 15) is 10.2 Å². The fourth-order valence-electron chi connectivity index (χ4n) is 10.5. The van der Waals surface area contributed by atoms with Crippen LogP contribution in [0.25, 0.3) is 0 Å². The summed E-state index contributed by atoms with van der Waals surface area (Å²) in [5, 5.41) is 22.8. The molecular formula is C29H50N2O2. The van der Waals surface area contributed by atoms with Gasteiger partial charge in [-0.2, -0.15) is 0 Å². The van der Waals surface area contributed by atoms with Crippen LogP contribution in [-0.4, -0.2) is 70.5 Å². The van der Waals surface area contributed by atoms with Crippen LogP contribution in [0.5, 0.6) is 0 Å². The molecular weight excluding hydrogens is 408 g/mol. The quantitative estimate of drug-likeness (QED) is 0.631. The van der Waals surface area contributed by atoms with Gasteiger partial charge in [0, 0.05) is 12.1 Å². The Kier molecular flexibility index (Phi) is 6.16. The number of aliphatic hydroxyl groups excluding tert-OH is 2. The summed E-state index contributed by atoms with van der Waals surface area (Å²) in [5.41, 5.74) is 0.493. The third kappa shape index (κ3) is 3.67. The monoisotopic (exact) mass is 458 g/mol. The second-order valence-electron chi connectivity index (χ2n) is 13.7. The van der Waals surface area contributed by atoms with Gasteiger partial charge in [-0.25, -0.2) is 0 Å². The number of nitrogens with zero attached hydrogens (tertiary/aromatic N) is 2. The Labute approximate surface area is 202 Å². The van der Waals surface area contributed by atoms with Crippen LogP contribution in [0.4, 0.5) is 0 Å². The number of piperidine rings is 2. The van der Waals surface area contributed by atoms with Gasteiger partial charge in [-0.3, -0.25) is 9.80 Å². The fraction of sp³-hybridized carbons (Fsp3) is 1.00. The van der Waals surface area contributed by atoms with Crippen molar-refractivity contribution >= 4 is 0 Å². The third-order valence-electron chi connectivity index (χ3n) is 12.4. The zero-order chi connectivity index (χ0) is 22.8. The smallest absolute Gasteiger partial charge is 0.0751 e. The van der Waals surface area contributed by atoms with Crippen LogP contribution in [-0.2, 0) is 0 Å². The van der Waals surface area contributed by atoms with Gasteiger partial charge in [0.15, 0.2) is 0 Å². The molecule has 0 aromatic carbocycles. The molecule has 2 saturated heterocycles. The number of rotatable bonds is 2. The van der Waals surface area contributed by atoms with Gasteiger partial charge in [-0.15, -0.1) is 0 Å². The highest BCUT2D eigenvalue weighted by Crippen LogP contribution is 2.66. The summed E-state index contributed by atoms with van der Waals surface area (Å²) in [6.07, 6.45) is 16.4. The predicted octanol–water partition coefficient (Wildman–Crippen LogP) is 4.68. The maximum atomic E-state index is 11.6. The van der Waals surface area contributed by atoms with E-state index in [1.807, 2.05) is 0 Å². The molecule has 0 unspecified atom stereocenters. The van der Waals surface area contributed by atoms with Crippen LogP contribution < -0.4 is 0 Å². The highest BCUT2D eigenvalue weighted by molar-refractivity contribution is 5.14. The molecule has 0 bridgehead atoms. The van der Waals surface area contributed by atoms with Gasteiger partial charge in [0.25, 0.3) is 0 Å². The number of aliphatic hydroxyl groups is 2. The van der Waals surface area contributed by atoms with Gasteiger partial charge in [0.1, 0.15) is 0 Å². The predicted molar refractivity (Wildman–Crippen MR) is 133 cm³/mol. The van der Waals surface area contributed by atoms with Gasteiger partial charge in [-0.1, -0.05) is 26.7 Å². The summed E-state index contributed by atoms with van der Waals surface area (Å²) in [5.74, 6) is 2.97. The minimum absolute atomic E-state index is 0.118. The highest BCUT2D eigenvalue weighted by Gasteiger charge is 2.63. The minimum atomic E-state index is -0.138. The van der Waals surface area contributed by atoms with Crippen molar-refractivity contribution in [1.82, 2.24) is 9.80 Å². The lowest BCUT2D eigenvalue weighted by atomic mass is 9.44. The first-order valence-electron chi connectivity index (χ1n) is 14.8. The lowest BCUT2D eigenvalue weighted by Gasteiger charge is -2.62. The van der Waals surface area contributed by atoms with E-state index in [4.69, 9.17) is 0 Å². The largest absolute Gasteiger partial charge is 0.391 e. The summed E-state index contributed by atoms with van der Waals surface area (Å²) in [4.78, 5) is 5.33. The van der Waals surface area contributed by atoms with Crippen molar-refractivity contribution < 1.29 is 10.2 Å². The molecule has 0 amide bonds. The second kappa shape index (κ2) is 8.75. The van der Waals surface area contributed by atoms with Gasteiger partial charge in [-0.05, 0) is 131 Å². The minimum Gasteiger partial charge on any atom is -0.391 e. The first-order valence-corrected chi connectivity index (χ1v) is 14.8. The van der Waals surface area contributed by atoms with Crippen molar-refractivity contribution in [3.05, 3.63) is 0 Å². The van der Waals surface area contributed by atoms with E-state index < -0.39 is 0 Å². The van der Waals surface area contributed by atoms with Gasteiger partial charge < -0.3 is 10.2 Å². The van der Waals surface area contributed by atoms with Crippen LogP contribution in [0.2, 0.25) is 0 Å². The molecule has 10 atom stereocenters. The summed E-state index contributed by atoms with van der Waals surface area (Å²) >= 11 is 0. The van der Waals surface area contributed by atoms with E-state index in [1.165, 1.54) is 103 Å². The van der Waals surface area contributed by atoms with Gasteiger partial charge in [0.05, 0.1) is 12.2 Å². The Hall–Kier alpha value is -0.160. The molecule has 33 heavy (non-hydrogen) atoms. The van der Waals surface area contributed by atoms with Crippen LogP contribution in [0.1, 0.15) is 97.3 Å². The van der Waals surface area contributed by atoms with Crippen LogP contribution >= 0.6 is 0 Å². The van der Waals surface area contributed by atoms with Crippen molar-refractivity contribution in [3.8, 4) is 0 Å². The molecule has 6 fully saturated rings. The second-order valence-corrected chi connectivity index (χ2v) is 13.7. The lowest BCUT2D eigenvalue weighted by Crippen LogP contribution is -2.60. The molecule has 4 saturated carbocycles. The molecule has 2 heterocycles. The van der Waals surface area contributed by atoms with Crippen molar-refractivity contribution in [2.45, 2.75) is 122 Å². The van der Waals surface area contributed by atoms with Crippen molar-refractivity contribution in [2.24, 2.45) is 34.5 Å². The zero-order valence-corrected chi connectivity index (χ0v) is 21.4. The standard InChI is InChI=1S/C29H50N2O2/c1-28-12-11-22-21(23(28)18-24(27(28)33)30-13-5-3-6-14-30)10-9-20-17-26(32)25(19-29(20,22)2)31-15-7-4-8-16-31/h20-27,32-33H,3-19H2,1-2H3/t20-,21-,22+,23+,24+,25+,26-,27+,28+,29+/m1/s1. The van der Waals surface area contributed by atoms with Gasteiger partial charge in [0.2, 0.25) is 0 Å². The fourth-order valence-corrected chi connectivity index (χ4v) is 10.5. The van der Waals surface area contributed by atoms with Gasteiger partial charge >= 0.3 is 0 Å². The zero-order valence-electron chi connectivity index (χ0n) is 21.4. The molecule has 4 nitrogen and oxygen atoms in total. The number of fused-ring (bicyclic) bond motifs is 5. The maximum absolute atomic E-state index is 11.6. The molecule has 2 aliphatic heterocycles. The Balaban J connectivity index is 1.24. The Morgan fingerprint density at radius 2 is 1.30 bits per heavy atom. The van der Waals surface area contributed by atoms with E-state index in [0.717, 1.165) is 18.3 Å². The van der Waals surface area contributed by atoms with Crippen molar-refractivity contribution in [1.29, 1.82) is 0 Å². The van der Waals surface area contributed by atoms with Crippen LogP contribution in [0.15, 0.2) is 0 Å². The molecule has 2 N–H and O–H groups in total. The lowest BCUT2D eigenvalue weighted by molar-refractivity contribution is -0.154. The highest BCUT2D eigenvalue weighted by atomic mass is 16.3. The normalized spacial score (nSPS) is 53.8. The molecule has 0 aromatic heterocycles. The van der Waals surface area contributed by atoms with E-state index in [0.29, 0.717) is 29.3 Å². The van der Waals surface area contributed by atoms with Crippen LogP contribution in [0, 0.1) is 34.5 Å². The first-order chi connectivity index (χ1) is 15.9. The molecule has 6 rings (SSSR count). The Bertz CT molecular complexity index is 704. The SMILES string of the molecule is C[C@]12C[C@H](N3CCCCC3)[C@H](O)C[C@H]1CC[C@@H]1[C@@H]2CC[C@]2(C)[C@@H](O)[C@@H](N3CCCCC3)C[C@@H]12. The number of likely N-dealkylation sites (tertiary alicyclic amines) is 2. The average molecular weight is 459 g/mol. The summed E-state index contributed by atoms with van der Waals surface area (Å²) in [6, 6.07) is 0.785. The molecule has 0 spiro atoms. The van der Waals surface area contributed by atoms with E-state index in [1.54, 1.807) is 0 Å². The van der Waals surface area contributed by atoms with E-state index in [-0.39, 0.29) is 17.6 Å². The summed E-state index contributed by atoms with van der Waals surface area (Å²) < 4.78 is 0. The molecule has 0 aromatic rings. The Morgan fingerprint density at radius 1 is 0.667 bits per heavy atom. The number of hydrogen-bond donors (Lipinski definition) is 2. The molecule has 4 heteroatoms.